The van der Waals surface area contributed by atoms with Crippen molar-refractivity contribution in [2.75, 3.05) is 32.7 Å². The molecule has 2 N–H and O–H groups in total. The Balaban J connectivity index is 1.36. The van der Waals surface area contributed by atoms with Crippen LogP contribution < -0.4 is 0 Å². The second-order valence-corrected chi connectivity index (χ2v) is 7.89. The van der Waals surface area contributed by atoms with Crippen molar-refractivity contribution >= 4 is 5.91 Å². The number of carbonyl (C=O) groups excluding carboxylic acids is 1. The number of piperidine rings is 2. The van der Waals surface area contributed by atoms with E-state index in [1.807, 2.05) is 11.0 Å². The highest BCUT2D eigenvalue weighted by Crippen LogP contribution is 2.34. The molecule has 0 spiro atoms. The summed E-state index contributed by atoms with van der Waals surface area (Å²) in [6.07, 6.45) is 4.93. The van der Waals surface area contributed by atoms with Crippen LogP contribution in [0, 0.1) is 5.82 Å². The van der Waals surface area contributed by atoms with Crippen LogP contribution >= 0.6 is 0 Å². The van der Waals surface area contributed by atoms with Crippen molar-refractivity contribution < 1.29 is 14.3 Å². The summed E-state index contributed by atoms with van der Waals surface area (Å²) < 4.78 is 13.6. The highest BCUT2D eigenvalue weighted by atomic mass is 19.1. The van der Waals surface area contributed by atoms with Crippen molar-refractivity contribution in [3.05, 3.63) is 42.0 Å². The summed E-state index contributed by atoms with van der Waals surface area (Å²) in [6, 6.07) is 6.57. The Hall–Kier alpha value is -2.25. The minimum atomic E-state index is -0.311. The molecule has 0 radical (unpaired) electrons. The zero-order valence-electron chi connectivity index (χ0n) is 16.0. The van der Waals surface area contributed by atoms with E-state index in [4.69, 9.17) is 0 Å². The summed E-state index contributed by atoms with van der Waals surface area (Å²) in [7, 11) is 0. The molecular formula is C21H27FN4O2. The predicted molar refractivity (Wildman–Crippen MR) is 104 cm³/mol. The summed E-state index contributed by atoms with van der Waals surface area (Å²) in [5.74, 6) is 0.164. The topological polar surface area (TPSA) is 72.5 Å². The van der Waals surface area contributed by atoms with Gasteiger partial charge in [0.15, 0.2) is 0 Å². The van der Waals surface area contributed by atoms with E-state index in [2.05, 4.69) is 15.1 Å². The van der Waals surface area contributed by atoms with Gasteiger partial charge in [-0.25, -0.2) is 4.39 Å². The number of likely N-dealkylation sites (tertiary alicyclic amines) is 2. The second kappa shape index (κ2) is 8.41. The molecule has 1 aromatic heterocycles. The Bertz CT molecular complexity index is 816. The van der Waals surface area contributed by atoms with Gasteiger partial charge in [0.1, 0.15) is 5.82 Å². The lowest BCUT2D eigenvalue weighted by Gasteiger charge is -2.35. The minimum Gasteiger partial charge on any atom is -0.392 e. The van der Waals surface area contributed by atoms with Crippen LogP contribution in [0.3, 0.4) is 0 Å². The van der Waals surface area contributed by atoms with Crippen LogP contribution in [0.25, 0.3) is 11.1 Å². The van der Waals surface area contributed by atoms with Gasteiger partial charge in [0.25, 0.3) is 0 Å². The van der Waals surface area contributed by atoms with Gasteiger partial charge in [0.05, 0.1) is 18.8 Å². The highest BCUT2D eigenvalue weighted by molar-refractivity contribution is 5.78. The molecule has 1 aromatic carbocycles. The van der Waals surface area contributed by atoms with Gasteiger partial charge >= 0.3 is 0 Å². The Morgan fingerprint density at radius 1 is 1.25 bits per heavy atom. The molecule has 7 heteroatoms. The maximum Gasteiger partial charge on any atom is 0.236 e. The molecule has 0 aliphatic carbocycles. The van der Waals surface area contributed by atoms with Crippen LogP contribution in [0.5, 0.6) is 0 Å². The molecule has 150 valence electrons. The molecule has 2 saturated heterocycles. The number of H-pyrrole nitrogens is 1. The van der Waals surface area contributed by atoms with Crippen LogP contribution in [-0.2, 0) is 4.79 Å². The Labute approximate surface area is 164 Å². The van der Waals surface area contributed by atoms with Crippen LogP contribution in [0.2, 0.25) is 0 Å². The van der Waals surface area contributed by atoms with Gasteiger partial charge in [-0.2, -0.15) is 5.10 Å². The number of amides is 1. The van der Waals surface area contributed by atoms with Crippen molar-refractivity contribution in [2.24, 2.45) is 0 Å². The number of benzene rings is 1. The van der Waals surface area contributed by atoms with E-state index in [0.29, 0.717) is 26.2 Å². The molecule has 6 nitrogen and oxygen atoms in total. The van der Waals surface area contributed by atoms with Gasteiger partial charge in [-0.3, -0.25) is 14.8 Å². The number of β-amino-alcohol motifs (C(OH)–C–C–N with tert-alkyl or cyclic N) is 1. The Morgan fingerprint density at radius 2 is 2.07 bits per heavy atom. The van der Waals surface area contributed by atoms with Gasteiger partial charge < -0.3 is 10.0 Å². The summed E-state index contributed by atoms with van der Waals surface area (Å²) in [5, 5.41) is 17.1. The monoisotopic (exact) mass is 386 g/mol. The number of carbonyl (C=O) groups is 1. The number of hydrogen-bond donors (Lipinski definition) is 2. The molecule has 3 heterocycles. The minimum absolute atomic E-state index is 0.141. The molecule has 1 atom stereocenters. The largest absolute Gasteiger partial charge is 0.392 e. The van der Waals surface area contributed by atoms with E-state index in [0.717, 1.165) is 49.0 Å². The highest BCUT2D eigenvalue weighted by Gasteiger charge is 2.28. The molecule has 4 rings (SSSR count). The van der Waals surface area contributed by atoms with Gasteiger partial charge in [0.2, 0.25) is 5.91 Å². The second-order valence-electron chi connectivity index (χ2n) is 7.89. The van der Waals surface area contributed by atoms with Gasteiger partial charge in [0, 0.05) is 36.8 Å². The zero-order valence-corrected chi connectivity index (χ0v) is 16.0. The van der Waals surface area contributed by atoms with E-state index in [1.165, 1.54) is 12.1 Å². The van der Waals surface area contributed by atoms with E-state index in [-0.39, 0.29) is 23.7 Å². The maximum absolute atomic E-state index is 13.6. The van der Waals surface area contributed by atoms with Crippen molar-refractivity contribution in [3.8, 4) is 11.1 Å². The van der Waals surface area contributed by atoms with Crippen LogP contribution in [0.15, 0.2) is 30.5 Å². The maximum atomic E-state index is 13.6. The zero-order chi connectivity index (χ0) is 19.5. The number of aliphatic hydroxyl groups is 1. The molecule has 1 unspecified atom stereocenters. The first-order valence-corrected chi connectivity index (χ1v) is 10.1. The Morgan fingerprint density at radius 3 is 2.82 bits per heavy atom. The first-order valence-electron chi connectivity index (χ1n) is 10.1. The molecule has 0 saturated carbocycles. The van der Waals surface area contributed by atoms with Gasteiger partial charge in [-0.05, 0) is 49.9 Å². The number of hydrogen-bond acceptors (Lipinski definition) is 4. The van der Waals surface area contributed by atoms with Crippen LogP contribution in [0.4, 0.5) is 4.39 Å². The molecule has 1 amide bonds. The number of aromatic nitrogens is 2. The number of aliphatic hydroxyl groups excluding tert-OH is 1. The average molecular weight is 386 g/mol. The van der Waals surface area contributed by atoms with E-state index < -0.39 is 0 Å². The number of halogens is 1. The number of nitrogens with one attached hydrogen (secondary N) is 1. The fraction of sp³-hybridized carbons (Fsp3) is 0.524. The smallest absolute Gasteiger partial charge is 0.236 e. The first-order chi connectivity index (χ1) is 13.6. The lowest BCUT2D eigenvalue weighted by Crippen LogP contribution is -2.47. The molecule has 28 heavy (non-hydrogen) atoms. The van der Waals surface area contributed by atoms with Crippen molar-refractivity contribution in [1.29, 1.82) is 0 Å². The standard InChI is InChI=1S/C21H27FN4O2/c22-17-4-1-3-16(11-17)19-12-23-24-21(19)15-6-9-26(10-7-15)20(28)14-25-8-2-5-18(27)13-25/h1,3-4,11-12,15,18,27H,2,5-10,13-14H2,(H,23,24). The quantitative estimate of drug-likeness (QED) is 0.846. The number of aromatic amines is 1. The van der Waals surface area contributed by atoms with Crippen molar-refractivity contribution in [2.45, 2.75) is 37.7 Å². The third-order valence-electron chi connectivity index (χ3n) is 5.90. The summed E-state index contributed by atoms with van der Waals surface area (Å²) in [6.45, 7) is 3.28. The molecular weight excluding hydrogens is 359 g/mol. The van der Waals surface area contributed by atoms with Gasteiger partial charge in [-0.1, -0.05) is 12.1 Å². The number of rotatable bonds is 4. The SMILES string of the molecule is O=C(CN1CCCC(O)C1)N1CCC(c2[nH]ncc2-c2cccc(F)c2)CC1. The molecule has 0 bridgehead atoms. The summed E-state index contributed by atoms with van der Waals surface area (Å²) in [5.41, 5.74) is 2.79. The normalized spacial score (nSPS) is 21.8. The third-order valence-corrected chi connectivity index (χ3v) is 5.90. The Kier molecular flexibility index (Phi) is 5.73. The lowest BCUT2D eigenvalue weighted by atomic mass is 9.89. The fourth-order valence-electron chi connectivity index (χ4n) is 4.38. The van der Waals surface area contributed by atoms with Crippen molar-refractivity contribution in [1.82, 2.24) is 20.0 Å². The summed E-state index contributed by atoms with van der Waals surface area (Å²) in [4.78, 5) is 16.6. The van der Waals surface area contributed by atoms with E-state index in [9.17, 15) is 14.3 Å². The van der Waals surface area contributed by atoms with Crippen LogP contribution in [-0.4, -0.2) is 69.8 Å². The van der Waals surface area contributed by atoms with E-state index in [1.54, 1.807) is 12.3 Å². The predicted octanol–water partition coefficient (Wildman–Crippen LogP) is 2.38. The molecule has 2 fully saturated rings. The molecule has 2 aliphatic heterocycles. The first kappa shape index (κ1) is 19.1. The van der Waals surface area contributed by atoms with Crippen LogP contribution in [0.1, 0.15) is 37.3 Å². The number of nitrogens with zero attached hydrogens (tertiary/aromatic N) is 3. The van der Waals surface area contributed by atoms with Crippen molar-refractivity contribution in [3.63, 3.8) is 0 Å². The lowest BCUT2D eigenvalue weighted by molar-refractivity contribution is -0.134. The molecule has 2 aromatic rings. The average Bonchev–Trinajstić information content (AvgIpc) is 3.18. The fourth-order valence-corrected chi connectivity index (χ4v) is 4.38. The third kappa shape index (κ3) is 4.25. The molecule has 2 aliphatic rings. The van der Waals surface area contributed by atoms with E-state index >= 15 is 0 Å². The summed E-state index contributed by atoms with van der Waals surface area (Å²) >= 11 is 0. The van der Waals surface area contributed by atoms with Gasteiger partial charge in [-0.15, -0.1) is 0 Å².